The largest absolute Gasteiger partial charge is 0.497 e. The van der Waals surface area contributed by atoms with Crippen LogP contribution in [0.1, 0.15) is 27.9 Å². The highest BCUT2D eigenvalue weighted by atomic mass is 32.2. The molecule has 9 rings (SSSR count). The van der Waals surface area contributed by atoms with E-state index in [1.807, 2.05) is 91.0 Å². The van der Waals surface area contributed by atoms with Crippen LogP contribution >= 0.6 is 34.4 Å². The number of oxime groups is 1. The fourth-order valence-electron chi connectivity index (χ4n) is 8.18. The average Bonchev–Trinajstić information content (AvgIpc) is 3.85. The summed E-state index contributed by atoms with van der Waals surface area (Å²) in [6.45, 7) is -0.221. The summed E-state index contributed by atoms with van der Waals surface area (Å²) >= 11 is 2.83. The summed E-state index contributed by atoms with van der Waals surface area (Å²) in [4.78, 5) is 66.3. The molecule has 2 unspecified atom stereocenters. The van der Waals surface area contributed by atoms with E-state index < -0.39 is 73.1 Å². The number of rotatable bonds is 16. The minimum absolute atomic E-state index is 0.106. The smallest absolute Gasteiger partial charge is 0.355 e. The number of esters is 1. The molecular weight excluding hydrogens is 984 g/mol. The SMILES string of the molecule is CO/N=C(\C(=O)NC1C(=O)N2C(C(=O)OCc3ccc(OC)cc3)=C(CSc3cc(=O)c4cc(F)c(F)c(F)c4s3)CS(=O)[C@@H]12)c1csc(NC(c2ccccc2)(c2ccccc2)c2ccccc2)n1. The lowest BCUT2D eigenvalue weighted by Gasteiger charge is -2.49. The van der Waals surface area contributed by atoms with Crippen molar-refractivity contribution >= 4 is 83.9 Å². The van der Waals surface area contributed by atoms with Gasteiger partial charge in [0.1, 0.15) is 47.8 Å². The zero-order valence-electron chi connectivity index (χ0n) is 36.9. The molecular formula is C50H38F3N5O8S4. The van der Waals surface area contributed by atoms with Crippen LogP contribution in [-0.2, 0) is 46.9 Å². The number of benzene rings is 5. The Kier molecular flexibility index (Phi) is 14.0. The predicted octanol–water partition coefficient (Wildman–Crippen LogP) is 8.10. The third-order valence-corrected chi connectivity index (χ3v) is 16.3. The molecule has 1 saturated heterocycles. The van der Waals surface area contributed by atoms with Crippen molar-refractivity contribution in [3.63, 3.8) is 0 Å². The number of hydrogen-bond donors (Lipinski definition) is 2. The predicted molar refractivity (Wildman–Crippen MR) is 263 cm³/mol. The second-order valence-electron chi connectivity index (χ2n) is 15.7. The Bertz CT molecular complexity index is 3190. The molecule has 2 aliphatic heterocycles. The van der Waals surface area contributed by atoms with E-state index >= 15 is 0 Å². The van der Waals surface area contributed by atoms with Crippen LogP contribution in [-0.4, -0.2) is 74.7 Å². The fraction of sp³-hybridized carbons (Fsp3) is 0.160. The molecule has 2 aromatic heterocycles. The number of halogens is 3. The van der Waals surface area contributed by atoms with E-state index in [1.54, 1.807) is 29.6 Å². The van der Waals surface area contributed by atoms with E-state index in [0.29, 0.717) is 33.8 Å². The molecule has 0 radical (unpaired) electrons. The molecule has 4 heterocycles. The molecule has 2 aliphatic rings. The van der Waals surface area contributed by atoms with Crippen LogP contribution in [0, 0.1) is 17.5 Å². The highest BCUT2D eigenvalue weighted by Crippen LogP contribution is 2.42. The first-order valence-corrected chi connectivity index (χ1v) is 25.3. The van der Waals surface area contributed by atoms with Crippen molar-refractivity contribution in [3.8, 4) is 5.75 Å². The first-order chi connectivity index (χ1) is 33.9. The van der Waals surface area contributed by atoms with E-state index in [0.717, 1.165) is 39.4 Å². The Balaban J connectivity index is 0.987. The van der Waals surface area contributed by atoms with E-state index in [9.17, 15) is 36.6 Å². The average molecular weight is 1020 g/mol. The number of β-lactam (4-membered cyclic amide) rings is 1. The lowest BCUT2D eigenvalue weighted by molar-refractivity contribution is -0.153. The molecule has 5 aromatic carbocycles. The monoisotopic (exact) mass is 1020 g/mol. The molecule has 13 nitrogen and oxygen atoms in total. The molecule has 0 aliphatic carbocycles. The van der Waals surface area contributed by atoms with E-state index in [4.69, 9.17) is 19.3 Å². The molecule has 7 aromatic rings. The van der Waals surface area contributed by atoms with Gasteiger partial charge in [0, 0.05) is 22.6 Å². The number of carbonyl (C=O) groups is 3. The van der Waals surface area contributed by atoms with E-state index in [1.165, 1.54) is 25.6 Å². The number of hydrogen-bond acceptors (Lipinski definition) is 14. The number of nitrogens with one attached hydrogen (secondary N) is 2. The number of thioether (sulfide) groups is 1. The number of ether oxygens (including phenoxy) is 2. The number of fused-ring (bicyclic) bond motifs is 2. The first kappa shape index (κ1) is 47.9. The van der Waals surface area contributed by atoms with Crippen molar-refractivity contribution in [2.45, 2.75) is 27.8 Å². The Morgan fingerprint density at radius 3 is 2.11 bits per heavy atom. The number of carbonyl (C=O) groups excluding carboxylic acids is 3. The van der Waals surface area contributed by atoms with Crippen molar-refractivity contribution in [2.75, 3.05) is 31.0 Å². The highest BCUT2D eigenvalue weighted by Gasteiger charge is 2.57. The van der Waals surface area contributed by atoms with Gasteiger partial charge in [0.05, 0.1) is 32.6 Å². The van der Waals surface area contributed by atoms with Crippen LogP contribution in [0.25, 0.3) is 10.1 Å². The summed E-state index contributed by atoms with van der Waals surface area (Å²) in [5.74, 6) is -7.22. The molecule has 20 heteroatoms. The Hall–Kier alpha value is -7.13. The highest BCUT2D eigenvalue weighted by molar-refractivity contribution is 8.01. The topological polar surface area (TPSA) is 166 Å². The van der Waals surface area contributed by atoms with E-state index in [-0.39, 0.29) is 50.4 Å². The molecule has 356 valence electrons. The first-order valence-electron chi connectivity index (χ1n) is 21.2. The third kappa shape index (κ3) is 9.22. The Morgan fingerprint density at radius 2 is 1.51 bits per heavy atom. The number of thiazole rings is 1. The lowest BCUT2D eigenvalue weighted by Crippen LogP contribution is -2.74. The maximum absolute atomic E-state index is 14.8. The normalized spacial score (nSPS) is 16.9. The maximum Gasteiger partial charge on any atom is 0.355 e. The zero-order valence-corrected chi connectivity index (χ0v) is 40.1. The van der Waals surface area contributed by atoms with Gasteiger partial charge in [-0.1, -0.05) is 108 Å². The van der Waals surface area contributed by atoms with E-state index in [2.05, 4.69) is 15.8 Å². The van der Waals surface area contributed by atoms with Gasteiger partial charge in [-0.05, 0) is 46.0 Å². The Labute approximate surface area is 412 Å². The summed E-state index contributed by atoms with van der Waals surface area (Å²) < 4.78 is 67.8. The van der Waals surface area contributed by atoms with Crippen molar-refractivity contribution < 1.29 is 46.1 Å². The van der Waals surface area contributed by atoms with Gasteiger partial charge in [0.25, 0.3) is 11.8 Å². The summed E-state index contributed by atoms with van der Waals surface area (Å²) in [6.07, 6.45) is 0. The fourth-order valence-corrected chi connectivity index (χ4v) is 13.0. The Morgan fingerprint density at radius 1 is 0.886 bits per heavy atom. The van der Waals surface area contributed by atoms with Crippen LogP contribution in [0.2, 0.25) is 0 Å². The zero-order chi connectivity index (χ0) is 49.1. The van der Waals surface area contributed by atoms with Gasteiger partial charge in [-0.3, -0.25) is 23.5 Å². The van der Waals surface area contributed by atoms with Gasteiger partial charge in [-0.15, -0.1) is 34.4 Å². The second-order valence-corrected chi connectivity index (χ2v) is 20.4. The van der Waals surface area contributed by atoms with Gasteiger partial charge < -0.3 is 24.9 Å². The van der Waals surface area contributed by atoms with Crippen LogP contribution in [0.4, 0.5) is 18.3 Å². The molecule has 70 heavy (non-hydrogen) atoms. The van der Waals surface area contributed by atoms with Crippen LogP contribution in [0.5, 0.6) is 5.75 Å². The number of methoxy groups -OCH3 is 1. The van der Waals surface area contributed by atoms with Gasteiger partial charge in [0.15, 0.2) is 33.7 Å². The molecule has 0 bridgehead atoms. The van der Waals surface area contributed by atoms with Gasteiger partial charge in [0.2, 0.25) is 0 Å². The van der Waals surface area contributed by atoms with Crippen LogP contribution < -0.4 is 20.8 Å². The summed E-state index contributed by atoms with van der Waals surface area (Å²) in [6, 6.07) is 36.6. The molecule has 0 saturated carbocycles. The number of anilines is 1. The quantitative estimate of drug-likeness (QED) is 0.0183. The van der Waals surface area contributed by atoms with Crippen molar-refractivity contribution in [2.24, 2.45) is 5.16 Å². The summed E-state index contributed by atoms with van der Waals surface area (Å²) in [5, 5.41) is 10.7. The molecule has 0 spiro atoms. The minimum Gasteiger partial charge on any atom is -0.497 e. The van der Waals surface area contributed by atoms with Crippen LogP contribution in [0.15, 0.2) is 158 Å². The second kappa shape index (κ2) is 20.5. The molecule has 2 N–H and O–H groups in total. The number of amides is 2. The minimum atomic E-state index is -1.93. The van der Waals surface area contributed by atoms with Gasteiger partial charge in [-0.25, -0.2) is 22.9 Å². The summed E-state index contributed by atoms with van der Waals surface area (Å²) in [7, 11) is 0.818. The molecule has 2 amide bonds. The third-order valence-electron chi connectivity index (χ3n) is 11.5. The van der Waals surface area contributed by atoms with Gasteiger partial charge in [-0.2, -0.15) is 0 Å². The molecule has 3 atom stereocenters. The standard InChI is InChI=1S/C50H38F3N5O8S4/c1-64-33-20-18-28(19-21-33)24-66-48(62)43-29(25-67-38-23-37(59)34-22-35(51)39(52)40(53)44(34)69-38)27-70(63)47-42(46(61)58(43)47)55-45(60)41(57-65-2)36-26-68-49(54-36)56-50(30-12-6-3-7-13-30,31-14-8-4-9-15-31)32-16-10-5-11-17-32/h3-23,26,42,47H,24-25,27H2,1-2H3,(H,54,56)(H,55,60)/b57-41-/t42?,47-,70?/m0/s1. The van der Waals surface area contributed by atoms with Crippen LogP contribution in [0.3, 0.4) is 0 Å². The lowest BCUT2D eigenvalue weighted by atomic mass is 9.77. The molecule has 1 fully saturated rings. The summed E-state index contributed by atoms with van der Waals surface area (Å²) in [5.41, 5.74) is 1.39. The van der Waals surface area contributed by atoms with Crippen molar-refractivity contribution in [1.82, 2.24) is 15.2 Å². The maximum atomic E-state index is 14.8. The number of aromatic nitrogens is 1. The van der Waals surface area contributed by atoms with Crippen molar-refractivity contribution in [3.05, 3.63) is 200 Å². The number of nitrogens with zero attached hydrogens (tertiary/aromatic N) is 3. The van der Waals surface area contributed by atoms with Crippen molar-refractivity contribution in [1.29, 1.82) is 0 Å². The van der Waals surface area contributed by atoms with Gasteiger partial charge >= 0.3 is 5.97 Å².